The quantitative estimate of drug-likeness (QED) is 0.467. The van der Waals surface area contributed by atoms with E-state index >= 15 is 0 Å². The van der Waals surface area contributed by atoms with Crippen LogP contribution < -0.4 is 10.1 Å². The van der Waals surface area contributed by atoms with Crippen LogP contribution in [0.3, 0.4) is 0 Å². The molecule has 7 heteroatoms. The van der Waals surface area contributed by atoms with Gasteiger partial charge in [-0.25, -0.2) is 4.68 Å². The topological polar surface area (TPSA) is 69.0 Å². The summed E-state index contributed by atoms with van der Waals surface area (Å²) >= 11 is 5.89. The molecule has 158 valence electrons. The lowest BCUT2D eigenvalue weighted by Crippen LogP contribution is -2.30. The highest BCUT2D eigenvalue weighted by Gasteiger charge is 2.15. The number of hydrogen-bond donors (Lipinski definition) is 1. The number of fused-ring (bicyclic) bond motifs is 1. The van der Waals surface area contributed by atoms with Crippen molar-refractivity contribution in [1.82, 2.24) is 20.1 Å². The van der Waals surface area contributed by atoms with Crippen molar-refractivity contribution < 1.29 is 9.53 Å². The van der Waals surface area contributed by atoms with Gasteiger partial charge in [0.25, 0.3) is 5.91 Å². The molecular weight excluding hydrogens is 412 g/mol. The van der Waals surface area contributed by atoms with Crippen molar-refractivity contribution in [1.29, 1.82) is 0 Å². The zero-order valence-corrected chi connectivity index (χ0v) is 18.2. The Labute approximate surface area is 185 Å². The summed E-state index contributed by atoms with van der Waals surface area (Å²) in [6.45, 7) is 4.38. The van der Waals surface area contributed by atoms with Crippen molar-refractivity contribution in [2.75, 3.05) is 13.2 Å². The van der Waals surface area contributed by atoms with Crippen molar-refractivity contribution in [3.05, 3.63) is 82.5 Å². The predicted octanol–water partition coefficient (Wildman–Crippen LogP) is 4.43. The summed E-state index contributed by atoms with van der Waals surface area (Å²) in [7, 11) is 0. The predicted molar refractivity (Wildman–Crippen MR) is 122 cm³/mol. The summed E-state index contributed by atoms with van der Waals surface area (Å²) in [6, 6.07) is 19.3. The van der Waals surface area contributed by atoms with Crippen molar-refractivity contribution >= 4 is 28.5 Å². The third-order valence-electron chi connectivity index (χ3n) is 4.99. The number of carbonyl (C=O) groups is 1. The molecule has 0 spiro atoms. The van der Waals surface area contributed by atoms with Crippen LogP contribution in [0.1, 0.15) is 16.8 Å². The van der Waals surface area contributed by atoms with Crippen LogP contribution in [0.15, 0.2) is 60.7 Å². The van der Waals surface area contributed by atoms with Gasteiger partial charge in [-0.15, -0.1) is 0 Å². The number of benzene rings is 2. The number of amides is 1. The number of hydrogen-bond acceptors (Lipinski definition) is 4. The van der Waals surface area contributed by atoms with Crippen LogP contribution in [0, 0.1) is 13.8 Å². The van der Waals surface area contributed by atoms with E-state index in [-0.39, 0.29) is 12.5 Å². The van der Waals surface area contributed by atoms with Crippen LogP contribution in [0.5, 0.6) is 5.88 Å². The Kier molecular flexibility index (Phi) is 6.18. The van der Waals surface area contributed by atoms with Gasteiger partial charge in [-0.3, -0.25) is 4.79 Å². The van der Waals surface area contributed by atoms with Crippen molar-refractivity contribution in [3.63, 3.8) is 0 Å². The minimum absolute atomic E-state index is 0.100. The summed E-state index contributed by atoms with van der Waals surface area (Å²) in [5.41, 5.74) is 4.64. The molecule has 0 bridgehead atoms. The second kappa shape index (κ2) is 9.18. The molecule has 0 radical (unpaired) electrons. The van der Waals surface area contributed by atoms with Crippen LogP contribution in [-0.4, -0.2) is 33.8 Å². The maximum absolute atomic E-state index is 12.2. The molecule has 1 N–H and O–H groups in total. The van der Waals surface area contributed by atoms with Gasteiger partial charge >= 0.3 is 0 Å². The molecule has 0 saturated heterocycles. The number of ether oxygens (including phenoxy) is 1. The van der Waals surface area contributed by atoms with Crippen molar-refractivity contribution in [3.8, 4) is 11.6 Å². The summed E-state index contributed by atoms with van der Waals surface area (Å²) in [4.78, 5) is 16.8. The van der Waals surface area contributed by atoms with Gasteiger partial charge < -0.3 is 10.1 Å². The molecule has 2 aromatic heterocycles. The number of pyridine rings is 1. The number of nitrogens with zero attached hydrogens (tertiary/aromatic N) is 3. The Balaban J connectivity index is 1.42. The number of rotatable bonds is 7. The number of nitrogens with one attached hydrogen (secondary N) is 1. The molecule has 0 aliphatic heterocycles. The first-order chi connectivity index (χ1) is 15.0. The van der Waals surface area contributed by atoms with E-state index in [9.17, 15) is 4.79 Å². The molecular formula is C24H23ClN4O2. The Bertz CT molecular complexity index is 1200. The van der Waals surface area contributed by atoms with E-state index in [2.05, 4.69) is 15.4 Å². The van der Waals surface area contributed by atoms with Gasteiger partial charge in [0.15, 0.2) is 12.3 Å². The summed E-state index contributed by atoms with van der Waals surface area (Å²) in [5.74, 6) is 0.205. The van der Waals surface area contributed by atoms with Crippen LogP contribution >= 0.6 is 11.6 Å². The fourth-order valence-corrected chi connectivity index (χ4v) is 3.61. The van der Waals surface area contributed by atoms with Crippen molar-refractivity contribution in [2.24, 2.45) is 0 Å². The number of halogens is 1. The number of aryl methyl sites for hydroxylation is 2. The average Bonchev–Trinajstić information content (AvgIpc) is 3.11. The summed E-state index contributed by atoms with van der Waals surface area (Å²) in [5, 5.41) is 9.20. The lowest BCUT2D eigenvalue weighted by atomic mass is 10.1. The molecule has 2 heterocycles. The summed E-state index contributed by atoms with van der Waals surface area (Å²) < 4.78 is 7.50. The highest BCUT2D eigenvalue weighted by atomic mass is 35.5. The zero-order chi connectivity index (χ0) is 21.8. The second-order valence-corrected chi connectivity index (χ2v) is 7.76. The lowest BCUT2D eigenvalue weighted by Gasteiger charge is -2.09. The third kappa shape index (κ3) is 4.86. The molecule has 4 rings (SSSR count). The lowest BCUT2D eigenvalue weighted by molar-refractivity contribution is -0.123. The van der Waals surface area contributed by atoms with Gasteiger partial charge in [-0.05, 0) is 55.7 Å². The molecule has 0 aliphatic carbocycles. The smallest absolute Gasteiger partial charge is 0.258 e. The number of aromatic nitrogens is 3. The molecule has 0 atom stereocenters. The molecule has 0 saturated carbocycles. The van der Waals surface area contributed by atoms with Gasteiger partial charge in [0.1, 0.15) is 0 Å². The normalized spacial score (nSPS) is 10.9. The van der Waals surface area contributed by atoms with Crippen LogP contribution in [-0.2, 0) is 11.2 Å². The van der Waals surface area contributed by atoms with Crippen LogP contribution in [0.2, 0.25) is 5.02 Å². The largest absolute Gasteiger partial charge is 0.468 e. The van der Waals surface area contributed by atoms with E-state index in [1.165, 1.54) is 0 Å². The molecule has 4 aromatic rings. The molecule has 0 unspecified atom stereocenters. The van der Waals surface area contributed by atoms with Crippen LogP contribution in [0.25, 0.3) is 16.7 Å². The second-order valence-electron chi connectivity index (χ2n) is 7.32. The molecule has 0 aliphatic rings. The monoisotopic (exact) mass is 434 g/mol. The fourth-order valence-electron chi connectivity index (χ4n) is 3.49. The molecule has 2 aromatic carbocycles. The van der Waals surface area contributed by atoms with Crippen LogP contribution in [0.4, 0.5) is 0 Å². The van der Waals surface area contributed by atoms with E-state index in [1.54, 1.807) is 4.68 Å². The summed E-state index contributed by atoms with van der Waals surface area (Å²) in [6.07, 6.45) is 0.724. The van der Waals surface area contributed by atoms with E-state index in [4.69, 9.17) is 16.3 Å². The van der Waals surface area contributed by atoms with E-state index in [0.717, 1.165) is 34.3 Å². The number of carbonyl (C=O) groups excluding carboxylic acids is 1. The fraction of sp³-hybridized carbons (Fsp3) is 0.208. The van der Waals surface area contributed by atoms with Gasteiger partial charge in [-0.1, -0.05) is 41.9 Å². The first-order valence-corrected chi connectivity index (χ1v) is 10.5. The van der Waals surface area contributed by atoms with Gasteiger partial charge in [-0.2, -0.15) is 10.1 Å². The number of para-hydroxylation sites is 1. The Morgan fingerprint density at radius 1 is 1.10 bits per heavy atom. The van der Waals surface area contributed by atoms with Gasteiger partial charge in [0, 0.05) is 23.0 Å². The zero-order valence-electron chi connectivity index (χ0n) is 17.4. The molecule has 31 heavy (non-hydrogen) atoms. The minimum atomic E-state index is -0.193. The SMILES string of the molecule is Cc1cc(OCC(=O)NCCc2ccc(Cl)cc2)nc2c1c(C)nn2-c1ccccc1. The van der Waals surface area contributed by atoms with E-state index < -0.39 is 0 Å². The minimum Gasteiger partial charge on any atom is -0.468 e. The Morgan fingerprint density at radius 2 is 1.84 bits per heavy atom. The first-order valence-electron chi connectivity index (χ1n) is 10.1. The van der Waals surface area contributed by atoms with E-state index in [0.29, 0.717) is 23.1 Å². The maximum atomic E-state index is 12.2. The van der Waals surface area contributed by atoms with E-state index in [1.807, 2.05) is 74.5 Å². The highest BCUT2D eigenvalue weighted by Crippen LogP contribution is 2.26. The standard InChI is InChI=1S/C24H23ClN4O2/c1-16-14-22(31-15-21(30)26-13-12-18-8-10-19(25)11-9-18)27-24-23(16)17(2)28-29(24)20-6-4-3-5-7-20/h3-11,14H,12-13,15H2,1-2H3,(H,26,30). The third-order valence-corrected chi connectivity index (χ3v) is 5.24. The van der Waals surface area contributed by atoms with Gasteiger partial charge in [0.05, 0.1) is 11.4 Å². The van der Waals surface area contributed by atoms with Crippen molar-refractivity contribution in [2.45, 2.75) is 20.3 Å². The molecule has 6 nitrogen and oxygen atoms in total. The molecule has 0 fully saturated rings. The molecule has 1 amide bonds. The maximum Gasteiger partial charge on any atom is 0.258 e. The highest BCUT2D eigenvalue weighted by molar-refractivity contribution is 6.30. The Morgan fingerprint density at radius 3 is 2.58 bits per heavy atom. The first kappa shape index (κ1) is 20.9. The van der Waals surface area contributed by atoms with Gasteiger partial charge in [0.2, 0.25) is 5.88 Å². The Hall–Kier alpha value is -3.38. The average molecular weight is 435 g/mol.